The van der Waals surface area contributed by atoms with Gasteiger partial charge in [-0.05, 0) is 25.0 Å². The van der Waals surface area contributed by atoms with Gasteiger partial charge in [0, 0.05) is 7.05 Å². The molecule has 0 amide bonds. The number of fused-ring (bicyclic) bond motifs is 1. The molecule has 0 atom stereocenters. The summed E-state index contributed by atoms with van der Waals surface area (Å²) in [6.07, 6.45) is 2.78. The van der Waals surface area contributed by atoms with Crippen molar-refractivity contribution in [1.29, 1.82) is 0 Å². The Labute approximate surface area is 112 Å². The highest BCUT2D eigenvalue weighted by Crippen LogP contribution is 2.25. The van der Waals surface area contributed by atoms with Crippen LogP contribution in [0.15, 0.2) is 36.5 Å². The maximum absolute atomic E-state index is 4.63. The zero-order valence-corrected chi connectivity index (χ0v) is 11.5. The smallest absolute Gasteiger partial charge is 0.158 e. The lowest BCUT2D eigenvalue weighted by Crippen LogP contribution is -1.95. The molecule has 3 heteroatoms. The Morgan fingerprint density at radius 1 is 1.16 bits per heavy atom. The highest BCUT2D eigenvalue weighted by Gasteiger charge is 2.10. The molecule has 96 valence electrons. The summed E-state index contributed by atoms with van der Waals surface area (Å²) in [6.45, 7) is 4.20. The third-order valence-corrected chi connectivity index (χ3v) is 3.49. The van der Waals surface area contributed by atoms with Gasteiger partial charge < -0.3 is 4.57 Å². The van der Waals surface area contributed by atoms with Crippen LogP contribution >= 0.6 is 0 Å². The minimum absolute atomic E-state index is 0.914. The normalized spacial score (nSPS) is 11.1. The number of nitrogens with zero attached hydrogens (tertiary/aromatic N) is 3. The van der Waals surface area contributed by atoms with Crippen LogP contribution in [-0.2, 0) is 13.5 Å². The topological polar surface area (TPSA) is 30.7 Å². The molecular formula is C16H17N3. The van der Waals surface area contributed by atoms with E-state index < -0.39 is 0 Å². The van der Waals surface area contributed by atoms with E-state index in [0.29, 0.717) is 0 Å². The highest BCUT2D eigenvalue weighted by atomic mass is 15.0. The molecule has 0 saturated carbocycles. The van der Waals surface area contributed by atoms with Crippen LogP contribution in [0, 0.1) is 6.92 Å². The summed E-state index contributed by atoms with van der Waals surface area (Å²) in [7, 11) is 2.04. The first-order valence-electron chi connectivity index (χ1n) is 6.57. The van der Waals surface area contributed by atoms with Crippen molar-refractivity contribution in [3.8, 4) is 11.3 Å². The largest absolute Gasteiger partial charge is 0.327 e. The van der Waals surface area contributed by atoms with E-state index in [1.165, 1.54) is 11.1 Å². The molecule has 0 aliphatic heterocycles. The van der Waals surface area contributed by atoms with Gasteiger partial charge in [-0.2, -0.15) is 0 Å². The summed E-state index contributed by atoms with van der Waals surface area (Å²) in [6, 6.07) is 10.7. The van der Waals surface area contributed by atoms with Gasteiger partial charge >= 0.3 is 0 Å². The van der Waals surface area contributed by atoms with Crippen LogP contribution in [-0.4, -0.2) is 14.5 Å². The Balaban J connectivity index is 2.19. The standard InChI is InChI=1S/C16H17N3/c1-4-13-10-17-16-14(18-13)9-15(19(16)3)12-7-5-11(2)6-8-12/h5-10H,4H2,1-3H3. The molecule has 0 fully saturated rings. The zero-order chi connectivity index (χ0) is 13.4. The van der Waals surface area contributed by atoms with Crippen molar-refractivity contribution < 1.29 is 0 Å². The molecule has 0 saturated heterocycles. The van der Waals surface area contributed by atoms with Gasteiger partial charge in [-0.15, -0.1) is 0 Å². The first-order chi connectivity index (χ1) is 9.19. The van der Waals surface area contributed by atoms with Crippen LogP contribution in [0.25, 0.3) is 22.4 Å². The fourth-order valence-corrected chi connectivity index (χ4v) is 2.30. The predicted molar refractivity (Wildman–Crippen MR) is 78.1 cm³/mol. The number of benzene rings is 1. The van der Waals surface area contributed by atoms with Crippen LogP contribution in [0.3, 0.4) is 0 Å². The SMILES string of the molecule is CCc1cnc2c(cc(-c3ccc(C)cc3)n2C)n1. The van der Waals surface area contributed by atoms with Gasteiger partial charge in [0.25, 0.3) is 0 Å². The van der Waals surface area contributed by atoms with Crippen LogP contribution in [0.4, 0.5) is 0 Å². The van der Waals surface area contributed by atoms with Crippen molar-refractivity contribution in [2.24, 2.45) is 7.05 Å². The van der Waals surface area contributed by atoms with E-state index >= 15 is 0 Å². The van der Waals surface area contributed by atoms with Gasteiger partial charge in [-0.3, -0.25) is 0 Å². The molecule has 0 unspecified atom stereocenters. The highest BCUT2D eigenvalue weighted by molar-refractivity contribution is 5.80. The predicted octanol–water partition coefficient (Wildman–Crippen LogP) is 3.51. The van der Waals surface area contributed by atoms with E-state index in [0.717, 1.165) is 29.0 Å². The second-order valence-electron chi connectivity index (χ2n) is 4.88. The molecule has 3 aromatic rings. The molecule has 0 aliphatic carbocycles. The lowest BCUT2D eigenvalue weighted by atomic mass is 10.1. The maximum atomic E-state index is 4.63. The first kappa shape index (κ1) is 11.9. The van der Waals surface area contributed by atoms with Gasteiger partial charge in [-0.25, -0.2) is 9.97 Å². The van der Waals surface area contributed by atoms with Crippen LogP contribution in [0.5, 0.6) is 0 Å². The second-order valence-corrected chi connectivity index (χ2v) is 4.88. The van der Waals surface area contributed by atoms with Crippen LogP contribution in [0.1, 0.15) is 18.2 Å². The minimum Gasteiger partial charge on any atom is -0.327 e. The van der Waals surface area contributed by atoms with Gasteiger partial charge in [-0.1, -0.05) is 36.8 Å². The molecule has 0 spiro atoms. The van der Waals surface area contributed by atoms with Crippen LogP contribution < -0.4 is 0 Å². The molecule has 2 heterocycles. The van der Waals surface area contributed by atoms with Crippen molar-refractivity contribution >= 4 is 11.2 Å². The molecule has 0 radical (unpaired) electrons. The fraction of sp³-hybridized carbons (Fsp3) is 0.250. The summed E-state index contributed by atoms with van der Waals surface area (Å²) in [5.74, 6) is 0. The Kier molecular flexibility index (Phi) is 2.82. The average molecular weight is 251 g/mol. The van der Waals surface area contributed by atoms with E-state index in [2.05, 4.69) is 58.7 Å². The third-order valence-electron chi connectivity index (χ3n) is 3.49. The minimum atomic E-state index is 0.914. The Hall–Kier alpha value is -2.16. The molecule has 3 rings (SSSR count). The van der Waals surface area contributed by atoms with Crippen molar-refractivity contribution in [1.82, 2.24) is 14.5 Å². The van der Waals surface area contributed by atoms with E-state index in [1.807, 2.05) is 13.2 Å². The number of rotatable bonds is 2. The zero-order valence-electron chi connectivity index (χ0n) is 11.5. The monoisotopic (exact) mass is 251 g/mol. The van der Waals surface area contributed by atoms with E-state index in [4.69, 9.17) is 0 Å². The quantitative estimate of drug-likeness (QED) is 0.698. The molecule has 0 N–H and O–H groups in total. The summed E-state index contributed by atoms with van der Waals surface area (Å²) in [5.41, 5.74) is 6.57. The van der Waals surface area contributed by atoms with Crippen molar-refractivity contribution in [2.45, 2.75) is 20.3 Å². The van der Waals surface area contributed by atoms with Gasteiger partial charge in [0.2, 0.25) is 0 Å². The third kappa shape index (κ3) is 2.01. The number of hydrogen-bond donors (Lipinski definition) is 0. The lowest BCUT2D eigenvalue weighted by molar-refractivity contribution is 0.944. The first-order valence-corrected chi connectivity index (χ1v) is 6.57. The van der Waals surface area contributed by atoms with Crippen molar-refractivity contribution in [2.75, 3.05) is 0 Å². The number of aromatic nitrogens is 3. The summed E-state index contributed by atoms with van der Waals surface area (Å²) < 4.78 is 2.10. The molecule has 0 bridgehead atoms. The molecule has 2 aromatic heterocycles. The molecular weight excluding hydrogens is 234 g/mol. The number of aryl methyl sites for hydroxylation is 3. The van der Waals surface area contributed by atoms with Crippen molar-refractivity contribution in [3.63, 3.8) is 0 Å². The van der Waals surface area contributed by atoms with E-state index in [1.54, 1.807) is 0 Å². The lowest BCUT2D eigenvalue weighted by Gasteiger charge is -2.04. The second kappa shape index (κ2) is 4.50. The molecule has 3 nitrogen and oxygen atoms in total. The van der Waals surface area contributed by atoms with E-state index in [-0.39, 0.29) is 0 Å². The molecule has 1 aromatic carbocycles. The number of hydrogen-bond acceptors (Lipinski definition) is 2. The Morgan fingerprint density at radius 3 is 2.58 bits per heavy atom. The van der Waals surface area contributed by atoms with Gasteiger partial charge in [0.15, 0.2) is 5.65 Å². The van der Waals surface area contributed by atoms with Gasteiger partial charge in [0.1, 0.15) is 5.52 Å². The Bertz CT molecular complexity index is 724. The summed E-state index contributed by atoms with van der Waals surface area (Å²) in [5, 5.41) is 0. The van der Waals surface area contributed by atoms with Crippen LogP contribution in [0.2, 0.25) is 0 Å². The molecule has 0 aliphatic rings. The van der Waals surface area contributed by atoms with Gasteiger partial charge in [0.05, 0.1) is 17.6 Å². The fourth-order valence-electron chi connectivity index (χ4n) is 2.30. The maximum Gasteiger partial charge on any atom is 0.158 e. The summed E-state index contributed by atoms with van der Waals surface area (Å²) >= 11 is 0. The molecule has 19 heavy (non-hydrogen) atoms. The Morgan fingerprint density at radius 2 is 1.89 bits per heavy atom. The summed E-state index contributed by atoms with van der Waals surface area (Å²) in [4.78, 5) is 9.15. The van der Waals surface area contributed by atoms with E-state index in [9.17, 15) is 0 Å². The average Bonchev–Trinajstić information content (AvgIpc) is 2.76. The van der Waals surface area contributed by atoms with Crippen molar-refractivity contribution in [3.05, 3.63) is 47.8 Å².